The van der Waals surface area contributed by atoms with Crippen molar-refractivity contribution in [2.24, 2.45) is 0 Å². The Balaban J connectivity index is 1.40. The van der Waals surface area contributed by atoms with E-state index in [0.717, 1.165) is 33.9 Å². The number of hydrogen-bond donors (Lipinski definition) is 0. The van der Waals surface area contributed by atoms with Crippen LogP contribution in [0.2, 0.25) is 0 Å². The summed E-state index contributed by atoms with van der Waals surface area (Å²) in [6, 6.07) is 8.44. The molecule has 0 unspecified atom stereocenters. The summed E-state index contributed by atoms with van der Waals surface area (Å²) in [5.41, 5.74) is 2.51. The van der Waals surface area contributed by atoms with Gasteiger partial charge < -0.3 is 14.2 Å². The van der Waals surface area contributed by atoms with Crippen LogP contribution in [0, 0.1) is 12.7 Å². The van der Waals surface area contributed by atoms with Gasteiger partial charge in [0, 0.05) is 6.54 Å². The number of aryl methyl sites for hydroxylation is 1. The molecule has 5 nitrogen and oxygen atoms in total. The number of aromatic nitrogens is 2. The zero-order valence-electron chi connectivity index (χ0n) is 15.5. The van der Waals surface area contributed by atoms with Crippen LogP contribution in [0.25, 0.3) is 11.3 Å². The average molecular weight is 397 g/mol. The Morgan fingerprint density at radius 2 is 2.07 bits per heavy atom. The van der Waals surface area contributed by atoms with E-state index >= 15 is 0 Å². The van der Waals surface area contributed by atoms with Crippen molar-refractivity contribution in [1.29, 1.82) is 0 Å². The van der Waals surface area contributed by atoms with Crippen LogP contribution in [0.3, 0.4) is 0 Å². The molecular formula is C21H20FN3O2S. The summed E-state index contributed by atoms with van der Waals surface area (Å²) in [7, 11) is 0. The molecule has 28 heavy (non-hydrogen) atoms. The summed E-state index contributed by atoms with van der Waals surface area (Å²) in [6.45, 7) is 4.29. The molecule has 144 valence electrons. The molecule has 5 rings (SSSR count). The maximum atomic E-state index is 13.3. The summed E-state index contributed by atoms with van der Waals surface area (Å²) in [5.74, 6) is 0.697. The molecular weight excluding hydrogens is 377 g/mol. The molecule has 2 aromatic heterocycles. The van der Waals surface area contributed by atoms with Gasteiger partial charge in [-0.2, -0.15) is 0 Å². The molecule has 7 heteroatoms. The minimum Gasteiger partial charge on any atom is -0.363 e. The first-order chi connectivity index (χ1) is 13.5. The molecule has 1 atom stereocenters. The number of imidazole rings is 1. The number of rotatable bonds is 2. The van der Waals surface area contributed by atoms with Crippen molar-refractivity contribution >= 4 is 17.2 Å². The van der Waals surface area contributed by atoms with Crippen LogP contribution in [0.1, 0.15) is 27.5 Å². The van der Waals surface area contributed by atoms with Crippen molar-refractivity contribution in [3.63, 3.8) is 0 Å². The Bertz CT molecular complexity index is 1040. The summed E-state index contributed by atoms with van der Waals surface area (Å²) >= 11 is 1.49. The number of hydrogen-bond acceptors (Lipinski definition) is 4. The molecule has 2 aliphatic heterocycles. The summed E-state index contributed by atoms with van der Waals surface area (Å²) in [6.07, 6.45) is 2.61. The lowest BCUT2D eigenvalue weighted by Crippen LogP contribution is -2.45. The van der Waals surface area contributed by atoms with E-state index in [1.165, 1.54) is 23.5 Å². The first-order valence-corrected chi connectivity index (χ1v) is 10.2. The fourth-order valence-electron chi connectivity index (χ4n) is 4.11. The molecule has 0 saturated carbocycles. The van der Waals surface area contributed by atoms with E-state index in [1.54, 1.807) is 12.1 Å². The van der Waals surface area contributed by atoms with Gasteiger partial charge in [0.2, 0.25) is 0 Å². The largest absolute Gasteiger partial charge is 0.363 e. The van der Waals surface area contributed by atoms with Crippen LogP contribution < -0.4 is 0 Å². The first-order valence-electron chi connectivity index (χ1n) is 9.32. The predicted molar refractivity (Wildman–Crippen MR) is 105 cm³/mol. The molecule has 1 amide bonds. The van der Waals surface area contributed by atoms with Crippen LogP contribution in [-0.4, -0.2) is 39.0 Å². The summed E-state index contributed by atoms with van der Waals surface area (Å²) in [4.78, 5) is 20.1. The van der Waals surface area contributed by atoms with E-state index in [4.69, 9.17) is 4.74 Å². The maximum absolute atomic E-state index is 13.3. The van der Waals surface area contributed by atoms with Gasteiger partial charge in [-0.3, -0.25) is 4.79 Å². The number of thiophene rings is 1. The third-order valence-electron chi connectivity index (χ3n) is 5.69. The van der Waals surface area contributed by atoms with Gasteiger partial charge >= 0.3 is 0 Å². The van der Waals surface area contributed by atoms with Crippen LogP contribution in [0.5, 0.6) is 0 Å². The van der Waals surface area contributed by atoms with E-state index in [0.29, 0.717) is 26.2 Å². The molecule has 0 bridgehead atoms. The highest BCUT2D eigenvalue weighted by Gasteiger charge is 2.45. The van der Waals surface area contributed by atoms with Gasteiger partial charge in [0.25, 0.3) is 5.91 Å². The number of amides is 1. The molecule has 0 radical (unpaired) electrons. The van der Waals surface area contributed by atoms with Crippen molar-refractivity contribution in [3.05, 3.63) is 64.0 Å². The van der Waals surface area contributed by atoms with Gasteiger partial charge in [-0.1, -0.05) is 0 Å². The van der Waals surface area contributed by atoms with Gasteiger partial charge in [-0.25, -0.2) is 9.37 Å². The lowest BCUT2D eigenvalue weighted by molar-refractivity contribution is -0.0804. The highest BCUT2D eigenvalue weighted by Crippen LogP contribution is 2.36. The lowest BCUT2D eigenvalue weighted by atomic mass is 10.0. The molecule has 1 fully saturated rings. The number of halogens is 1. The number of carbonyl (C=O) groups excluding carboxylic acids is 1. The van der Waals surface area contributed by atoms with E-state index in [9.17, 15) is 9.18 Å². The predicted octanol–water partition coefficient (Wildman–Crippen LogP) is 3.87. The van der Waals surface area contributed by atoms with Gasteiger partial charge in [0.1, 0.15) is 23.8 Å². The minimum absolute atomic E-state index is 0.0863. The highest BCUT2D eigenvalue weighted by atomic mass is 32.1. The third-order valence-corrected chi connectivity index (χ3v) is 6.70. The second kappa shape index (κ2) is 6.53. The molecule has 2 aliphatic rings. The normalized spacial score (nSPS) is 21.3. The zero-order chi connectivity index (χ0) is 19.3. The van der Waals surface area contributed by atoms with Crippen LogP contribution in [0.15, 0.2) is 41.9 Å². The van der Waals surface area contributed by atoms with Crippen LogP contribution in [-0.2, 0) is 17.9 Å². The number of likely N-dealkylation sites (tertiary alicyclic amines) is 1. The third kappa shape index (κ3) is 2.86. The second-order valence-corrected chi connectivity index (χ2v) is 8.45. The Labute approximate surface area is 166 Å². The second-order valence-electron chi connectivity index (χ2n) is 7.53. The SMILES string of the molecule is Cc1ccsc1C(=O)N1CC[C@]2(C1)Cn1c(-c3ccc(F)cc3)cnc1CO2. The van der Waals surface area contributed by atoms with Gasteiger partial charge in [0.15, 0.2) is 0 Å². The first kappa shape index (κ1) is 17.6. The Morgan fingerprint density at radius 1 is 1.25 bits per heavy atom. The molecule has 1 saturated heterocycles. The Morgan fingerprint density at radius 3 is 2.82 bits per heavy atom. The topological polar surface area (TPSA) is 47.4 Å². The Kier molecular flexibility index (Phi) is 4.10. The summed E-state index contributed by atoms with van der Waals surface area (Å²) in [5, 5.41) is 1.96. The molecule has 1 spiro atoms. The molecule has 0 N–H and O–H groups in total. The molecule has 4 heterocycles. The van der Waals surface area contributed by atoms with E-state index in [1.807, 2.05) is 29.5 Å². The van der Waals surface area contributed by atoms with Crippen molar-refractivity contribution in [2.45, 2.75) is 32.1 Å². The number of ether oxygens (including phenoxy) is 1. The number of carbonyl (C=O) groups is 1. The fraction of sp³-hybridized carbons (Fsp3) is 0.333. The molecule has 0 aliphatic carbocycles. The van der Waals surface area contributed by atoms with E-state index < -0.39 is 5.60 Å². The van der Waals surface area contributed by atoms with Crippen molar-refractivity contribution < 1.29 is 13.9 Å². The molecule has 3 aromatic rings. The zero-order valence-corrected chi connectivity index (χ0v) is 16.3. The summed E-state index contributed by atoms with van der Waals surface area (Å²) < 4.78 is 21.7. The minimum atomic E-state index is -0.399. The van der Waals surface area contributed by atoms with E-state index in [-0.39, 0.29) is 11.7 Å². The van der Waals surface area contributed by atoms with Gasteiger partial charge in [-0.05, 0) is 60.2 Å². The number of fused-ring (bicyclic) bond motifs is 1. The molecule has 1 aromatic carbocycles. The van der Waals surface area contributed by atoms with Gasteiger partial charge in [0.05, 0.1) is 29.9 Å². The van der Waals surface area contributed by atoms with E-state index in [2.05, 4.69) is 9.55 Å². The smallest absolute Gasteiger partial charge is 0.264 e. The van der Waals surface area contributed by atoms with Crippen molar-refractivity contribution in [3.8, 4) is 11.3 Å². The maximum Gasteiger partial charge on any atom is 0.264 e. The standard InChI is InChI=1S/C21H20FN3O2S/c1-14-6-9-28-19(14)20(26)24-8-7-21(12-24)13-25-17(10-23-18(25)11-27-21)15-2-4-16(22)5-3-15/h2-6,9-10H,7-8,11-13H2,1H3/t21-/m0/s1. The quantitative estimate of drug-likeness (QED) is 0.659. The fourth-order valence-corrected chi connectivity index (χ4v) is 5.00. The van der Waals surface area contributed by atoms with Crippen molar-refractivity contribution in [2.75, 3.05) is 13.1 Å². The van der Waals surface area contributed by atoms with Crippen LogP contribution in [0.4, 0.5) is 4.39 Å². The monoisotopic (exact) mass is 397 g/mol. The van der Waals surface area contributed by atoms with Gasteiger partial charge in [-0.15, -0.1) is 11.3 Å². The number of nitrogens with zero attached hydrogens (tertiary/aromatic N) is 3. The lowest BCUT2D eigenvalue weighted by Gasteiger charge is -2.35. The highest BCUT2D eigenvalue weighted by molar-refractivity contribution is 7.12. The number of benzene rings is 1. The van der Waals surface area contributed by atoms with Crippen LogP contribution >= 0.6 is 11.3 Å². The Hall–Kier alpha value is -2.51. The average Bonchev–Trinajstić information content (AvgIpc) is 3.41. The van der Waals surface area contributed by atoms with Crippen molar-refractivity contribution in [1.82, 2.24) is 14.5 Å².